The lowest BCUT2D eigenvalue weighted by molar-refractivity contribution is 0.627. The Labute approximate surface area is 65.1 Å². The molecule has 1 heteroatoms. The van der Waals surface area contributed by atoms with Crippen LogP contribution in [0.2, 0.25) is 0 Å². The van der Waals surface area contributed by atoms with E-state index in [-0.39, 0.29) is 5.82 Å². The molecule has 0 N–H and O–H groups in total. The normalized spacial score (nSPS) is 8.27. The highest BCUT2D eigenvalue weighted by atomic mass is 19.1. The van der Waals surface area contributed by atoms with Crippen LogP contribution in [0, 0.1) is 30.5 Å². The average Bonchev–Trinajstić information content (AvgIpc) is 2.04. The Balaban J connectivity index is 3.34. The molecule has 1 rings (SSSR count). The van der Waals surface area contributed by atoms with Crippen LogP contribution >= 0.6 is 0 Å². The second-order valence-corrected chi connectivity index (χ2v) is 1.98. The Morgan fingerprint density at radius 2 is 1.73 bits per heavy atom. The number of halogens is 1. The monoisotopic (exact) mass is 144 g/mol. The van der Waals surface area contributed by atoms with Gasteiger partial charge in [-0.15, -0.1) is 12.8 Å². The van der Waals surface area contributed by atoms with Crippen molar-refractivity contribution in [3.05, 3.63) is 35.1 Å². The summed E-state index contributed by atoms with van der Waals surface area (Å²) in [7, 11) is 0. The predicted molar refractivity (Wildman–Crippen MR) is 42.3 cm³/mol. The smallest absolute Gasteiger partial charge is 0.124 e. The fourth-order valence-corrected chi connectivity index (χ4v) is 0.762. The molecule has 0 unspecified atom stereocenters. The summed E-state index contributed by atoms with van der Waals surface area (Å²) in [4.78, 5) is 0. The summed E-state index contributed by atoms with van der Waals surface area (Å²) < 4.78 is 12.5. The van der Waals surface area contributed by atoms with Gasteiger partial charge in [-0.05, 0) is 18.2 Å². The van der Waals surface area contributed by atoms with Gasteiger partial charge < -0.3 is 0 Å². The Morgan fingerprint density at radius 1 is 1.09 bits per heavy atom. The van der Waals surface area contributed by atoms with Crippen LogP contribution in [-0.2, 0) is 0 Å². The van der Waals surface area contributed by atoms with Crippen molar-refractivity contribution in [2.24, 2.45) is 0 Å². The average molecular weight is 144 g/mol. The van der Waals surface area contributed by atoms with E-state index in [1.165, 1.54) is 18.2 Å². The fraction of sp³-hybridized carbons (Fsp3) is 0. The van der Waals surface area contributed by atoms with Crippen LogP contribution in [0.1, 0.15) is 11.1 Å². The van der Waals surface area contributed by atoms with E-state index in [2.05, 4.69) is 11.8 Å². The van der Waals surface area contributed by atoms with Gasteiger partial charge in [0.1, 0.15) is 5.82 Å². The first-order valence-electron chi connectivity index (χ1n) is 3.00. The van der Waals surface area contributed by atoms with Gasteiger partial charge in [-0.3, -0.25) is 0 Å². The Kier molecular flexibility index (Phi) is 1.95. The van der Waals surface area contributed by atoms with Crippen LogP contribution in [0.5, 0.6) is 0 Å². The zero-order chi connectivity index (χ0) is 8.27. The van der Waals surface area contributed by atoms with Crippen LogP contribution in [0.15, 0.2) is 18.2 Å². The predicted octanol–water partition coefficient (Wildman–Crippen LogP) is 1.79. The van der Waals surface area contributed by atoms with Gasteiger partial charge in [0.25, 0.3) is 0 Å². The van der Waals surface area contributed by atoms with Gasteiger partial charge in [-0.25, -0.2) is 4.39 Å². The molecule has 1 aromatic carbocycles. The van der Waals surface area contributed by atoms with Gasteiger partial charge in [0, 0.05) is 11.1 Å². The summed E-state index contributed by atoms with van der Waals surface area (Å²) >= 11 is 0. The Bertz CT molecular complexity index is 350. The molecule has 52 valence electrons. The first kappa shape index (κ1) is 7.38. The number of rotatable bonds is 0. The maximum absolute atomic E-state index is 12.5. The number of hydrogen-bond acceptors (Lipinski definition) is 0. The van der Waals surface area contributed by atoms with Crippen molar-refractivity contribution in [2.75, 3.05) is 0 Å². The van der Waals surface area contributed by atoms with Gasteiger partial charge in [-0.2, -0.15) is 0 Å². The Hall–Kier alpha value is -1.73. The third kappa shape index (κ3) is 1.39. The van der Waals surface area contributed by atoms with Gasteiger partial charge in [0.15, 0.2) is 0 Å². The van der Waals surface area contributed by atoms with Crippen molar-refractivity contribution < 1.29 is 4.39 Å². The second kappa shape index (κ2) is 2.90. The quantitative estimate of drug-likeness (QED) is 0.487. The molecule has 1 aromatic rings. The molecule has 0 saturated heterocycles. The van der Waals surface area contributed by atoms with Crippen molar-refractivity contribution in [2.45, 2.75) is 0 Å². The molecule has 11 heavy (non-hydrogen) atoms. The van der Waals surface area contributed by atoms with Crippen molar-refractivity contribution >= 4 is 0 Å². The first-order chi connectivity index (χ1) is 5.27. The summed E-state index contributed by atoms with van der Waals surface area (Å²) in [6.07, 6.45) is 10.2. The summed E-state index contributed by atoms with van der Waals surface area (Å²) in [5.74, 6) is 4.31. The molecular formula is C10H5F. The van der Waals surface area contributed by atoms with E-state index in [1.807, 2.05) is 0 Å². The van der Waals surface area contributed by atoms with Crippen LogP contribution in [-0.4, -0.2) is 0 Å². The molecule has 0 nitrogen and oxygen atoms in total. The van der Waals surface area contributed by atoms with Crippen molar-refractivity contribution in [3.63, 3.8) is 0 Å². The molecule has 0 aliphatic rings. The first-order valence-corrected chi connectivity index (χ1v) is 3.00. The summed E-state index contributed by atoms with van der Waals surface area (Å²) in [6.45, 7) is 0. The standard InChI is InChI=1S/C10H5F/c1-3-8-5-6-10(11)7-9(8)4-2/h1-2,5-7H. The maximum atomic E-state index is 12.5. The SMILES string of the molecule is C#Cc1ccc(F)cc1C#C. The van der Waals surface area contributed by atoms with Gasteiger partial charge in [0.2, 0.25) is 0 Å². The number of hydrogen-bond donors (Lipinski definition) is 0. The minimum absolute atomic E-state index is 0.364. The van der Waals surface area contributed by atoms with Crippen molar-refractivity contribution in [1.82, 2.24) is 0 Å². The minimum atomic E-state index is -0.364. The molecule has 0 saturated carbocycles. The molecule has 0 aromatic heterocycles. The van der Waals surface area contributed by atoms with E-state index in [1.54, 1.807) is 0 Å². The van der Waals surface area contributed by atoms with Crippen LogP contribution in [0.3, 0.4) is 0 Å². The molecule has 0 aliphatic carbocycles. The van der Waals surface area contributed by atoms with Crippen LogP contribution in [0.4, 0.5) is 4.39 Å². The van der Waals surface area contributed by atoms with Gasteiger partial charge in [-0.1, -0.05) is 11.8 Å². The lowest BCUT2D eigenvalue weighted by Gasteiger charge is -1.94. The largest absolute Gasteiger partial charge is 0.207 e. The third-order valence-corrected chi connectivity index (χ3v) is 1.29. The molecule has 0 fully saturated rings. The number of terminal acetylenes is 2. The topological polar surface area (TPSA) is 0 Å². The molecule has 0 atom stereocenters. The van der Waals surface area contributed by atoms with Crippen LogP contribution < -0.4 is 0 Å². The molecular weight excluding hydrogens is 139 g/mol. The van der Waals surface area contributed by atoms with Gasteiger partial charge >= 0.3 is 0 Å². The van der Waals surface area contributed by atoms with E-state index in [4.69, 9.17) is 12.8 Å². The lowest BCUT2D eigenvalue weighted by atomic mass is 10.1. The number of benzene rings is 1. The van der Waals surface area contributed by atoms with E-state index in [0.29, 0.717) is 11.1 Å². The zero-order valence-corrected chi connectivity index (χ0v) is 5.76. The summed E-state index contributed by atoms with van der Waals surface area (Å²) in [6, 6.07) is 4.02. The Morgan fingerprint density at radius 3 is 2.27 bits per heavy atom. The third-order valence-electron chi connectivity index (χ3n) is 1.29. The molecule has 0 radical (unpaired) electrons. The highest BCUT2D eigenvalue weighted by molar-refractivity contribution is 5.48. The molecule has 0 amide bonds. The highest BCUT2D eigenvalue weighted by Crippen LogP contribution is 2.08. The van der Waals surface area contributed by atoms with Crippen molar-refractivity contribution in [3.8, 4) is 24.7 Å². The molecule has 0 heterocycles. The van der Waals surface area contributed by atoms with E-state index >= 15 is 0 Å². The summed E-state index contributed by atoms with van der Waals surface area (Å²) in [5.41, 5.74) is 0.974. The van der Waals surface area contributed by atoms with Crippen LogP contribution in [0.25, 0.3) is 0 Å². The molecule has 0 bridgehead atoms. The minimum Gasteiger partial charge on any atom is -0.207 e. The van der Waals surface area contributed by atoms with E-state index in [9.17, 15) is 4.39 Å². The van der Waals surface area contributed by atoms with Gasteiger partial charge in [0.05, 0.1) is 0 Å². The van der Waals surface area contributed by atoms with Crippen molar-refractivity contribution in [1.29, 1.82) is 0 Å². The highest BCUT2D eigenvalue weighted by Gasteiger charge is 1.97. The summed E-state index contributed by atoms with van der Waals surface area (Å²) in [5, 5.41) is 0. The van der Waals surface area contributed by atoms with E-state index < -0.39 is 0 Å². The lowest BCUT2D eigenvalue weighted by Crippen LogP contribution is -1.84. The fourth-order valence-electron chi connectivity index (χ4n) is 0.762. The van der Waals surface area contributed by atoms with E-state index in [0.717, 1.165) is 0 Å². The molecule has 0 spiro atoms. The molecule has 0 aliphatic heterocycles. The maximum Gasteiger partial charge on any atom is 0.124 e. The zero-order valence-electron chi connectivity index (χ0n) is 5.76. The second-order valence-electron chi connectivity index (χ2n) is 1.98.